The van der Waals surface area contributed by atoms with Gasteiger partial charge in [0.15, 0.2) is 0 Å². The summed E-state index contributed by atoms with van der Waals surface area (Å²) in [6, 6.07) is 0. The quantitative estimate of drug-likeness (QED) is 0.385. The topological polar surface area (TPSA) is 61.2 Å². The van der Waals surface area contributed by atoms with E-state index in [1.165, 1.54) is 0 Å². The van der Waals surface area contributed by atoms with Crippen LogP contribution in [0.15, 0.2) is 12.2 Å². The Kier molecular flexibility index (Phi) is 1.78. The number of nitrogens with one attached hydrogen (secondary N) is 1. The van der Waals surface area contributed by atoms with E-state index in [4.69, 9.17) is 10.5 Å². The van der Waals surface area contributed by atoms with Gasteiger partial charge in [0.25, 0.3) is 0 Å². The van der Waals surface area contributed by atoms with E-state index in [-0.39, 0.29) is 5.57 Å². The Morgan fingerprint density at radius 2 is 2.29 bits per heavy atom. The monoisotopic (exact) mass is 99.0 g/mol. The molecule has 0 aromatic rings. The van der Waals surface area contributed by atoms with Crippen LogP contribution in [0.3, 0.4) is 0 Å². The second-order valence-electron chi connectivity index (χ2n) is 0.975. The van der Waals surface area contributed by atoms with Crippen LogP contribution in [0.25, 0.3) is 0 Å². The molecule has 3 nitrogen and oxygen atoms in total. The number of hydrogen-bond donors (Lipinski definition) is 2. The fourth-order valence-corrected chi connectivity index (χ4v) is 0.0617. The first-order valence-corrected chi connectivity index (χ1v) is 1.61. The highest BCUT2D eigenvalue weighted by Gasteiger charge is 1.95. The number of carbonyl (C=O) groups is 1. The van der Waals surface area contributed by atoms with Gasteiger partial charge in [-0.1, -0.05) is 6.58 Å². The first-order valence-electron chi connectivity index (χ1n) is 1.61. The minimum atomic E-state index is -1.14. The predicted molar refractivity (Wildman–Crippen MR) is 25.6 cm³/mol. The Balaban J connectivity index is 3.81. The third-order valence-corrected chi connectivity index (χ3v) is 0.449. The van der Waals surface area contributed by atoms with Crippen molar-refractivity contribution in [3.63, 3.8) is 0 Å². The summed E-state index contributed by atoms with van der Waals surface area (Å²) in [4.78, 5) is 9.68. The second kappa shape index (κ2) is 2.12. The number of rotatable bonds is 2. The normalized spacial score (nSPS) is 7.43. The van der Waals surface area contributed by atoms with Crippen LogP contribution >= 0.6 is 0 Å². The van der Waals surface area contributed by atoms with Crippen molar-refractivity contribution in [1.82, 2.24) is 0 Å². The maximum atomic E-state index is 9.68. The van der Waals surface area contributed by atoms with E-state index < -0.39 is 5.97 Å². The van der Waals surface area contributed by atoms with Crippen LogP contribution in [0.2, 0.25) is 0 Å². The molecule has 3 heteroatoms. The molecule has 0 saturated carbocycles. The summed E-state index contributed by atoms with van der Waals surface area (Å²) in [5.41, 5.74) is -0.194. The van der Waals surface area contributed by atoms with Crippen molar-refractivity contribution in [2.75, 3.05) is 0 Å². The number of carboxylic acid groups (broad SMARTS) is 1. The molecule has 38 valence electrons. The maximum Gasteiger partial charge on any atom is 0.336 e. The molecular weight excluding hydrogens is 94.0 g/mol. The average molecular weight is 99.1 g/mol. The van der Waals surface area contributed by atoms with Crippen molar-refractivity contribution in [3.8, 4) is 0 Å². The Morgan fingerprint density at radius 3 is 2.29 bits per heavy atom. The molecule has 0 unspecified atom stereocenters. The maximum absolute atomic E-state index is 9.68. The highest BCUT2D eigenvalue weighted by Crippen LogP contribution is 1.79. The largest absolute Gasteiger partial charge is 0.478 e. The molecular formula is C4H5NO2. The molecule has 0 amide bonds. The highest BCUT2D eigenvalue weighted by atomic mass is 16.4. The van der Waals surface area contributed by atoms with Gasteiger partial charge in [-0.15, -0.1) is 0 Å². The standard InChI is InChI=1S/C4H5NO2/c1-3(2-5)4(6)7/h2,5H,1H2,(H,6,7). The van der Waals surface area contributed by atoms with Gasteiger partial charge in [0, 0.05) is 6.21 Å². The lowest BCUT2D eigenvalue weighted by atomic mass is 10.3. The molecule has 0 aromatic heterocycles. The Hall–Kier alpha value is -1.12. The van der Waals surface area contributed by atoms with Gasteiger partial charge in [-0.3, -0.25) is 0 Å². The number of aliphatic carboxylic acids is 1. The molecule has 0 rings (SSSR count). The van der Waals surface area contributed by atoms with Crippen LogP contribution in [-0.4, -0.2) is 17.3 Å². The van der Waals surface area contributed by atoms with Gasteiger partial charge >= 0.3 is 5.97 Å². The molecule has 0 aromatic carbocycles. The zero-order chi connectivity index (χ0) is 5.86. The molecule has 0 heterocycles. The first kappa shape index (κ1) is 5.88. The van der Waals surface area contributed by atoms with E-state index in [0.29, 0.717) is 6.21 Å². The van der Waals surface area contributed by atoms with Crippen LogP contribution in [0.4, 0.5) is 0 Å². The highest BCUT2D eigenvalue weighted by molar-refractivity contribution is 6.06. The van der Waals surface area contributed by atoms with Crippen molar-refractivity contribution in [3.05, 3.63) is 12.2 Å². The van der Waals surface area contributed by atoms with Gasteiger partial charge in [-0.25, -0.2) is 4.79 Å². The van der Waals surface area contributed by atoms with Crippen LogP contribution in [0, 0.1) is 5.41 Å². The number of hydrogen-bond acceptors (Lipinski definition) is 2. The van der Waals surface area contributed by atoms with Gasteiger partial charge in [0.1, 0.15) is 0 Å². The zero-order valence-corrected chi connectivity index (χ0v) is 3.64. The van der Waals surface area contributed by atoms with Crippen LogP contribution < -0.4 is 0 Å². The summed E-state index contributed by atoms with van der Waals surface area (Å²) >= 11 is 0. The van der Waals surface area contributed by atoms with Crippen molar-refractivity contribution in [2.45, 2.75) is 0 Å². The molecule has 0 aliphatic heterocycles. The minimum Gasteiger partial charge on any atom is -0.478 e. The van der Waals surface area contributed by atoms with E-state index >= 15 is 0 Å². The van der Waals surface area contributed by atoms with Crippen LogP contribution in [-0.2, 0) is 4.79 Å². The Bertz CT molecular complexity index is 117. The van der Waals surface area contributed by atoms with E-state index in [9.17, 15) is 4.79 Å². The zero-order valence-electron chi connectivity index (χ0n) is 3.64. The molecule has 0 bridgehead atoms. The SMILES string of the molecule is C=C(C=N)C(=O)O. The predicted octanol–water partition coefficient (Wildman–Crippen LogP) is 0.277. The summed E-state index contributed by atoms with van der Waals surface area (Å²) in [7, 11) is 0. The average Bonchev–Trinajstić information content (AvgIpc) is 1.65. The van der Waals surface area contributed by atoms with Crippen molar-refractivity contribution in [1.29, 1.82) is 5.41 Å². The van der Waals surface area contributed by atoms with Gasteiger partial charge < -0.3 is 10.5 Å². The van der Waals surface area contributed by atoms with Gasteiger partial charge in [-0.2, -0.15) is 0 Å². The van der Waals surface area contributed by atoms with Crippen molar-refractivity contribution in [2.24, 2.45) is 0 Å². The summed E-state index contributed by atoms with van der Waals surface area (Å²) in [6.45, 7) is 3.03. The summed E-state index contributed by atoms with van der Waals surface area (Å²) < 4.78 is 0. The second-order valence-corrected chi connectivity index (χ2v) is 0.975. The molecule has 2 N–H and O–H groups in total. The molecule has 0 saturated heterocycles. The summed E-state index contributed by atoms with van der Waals surface area (Å²) in [5, 5.41) is 14.3. The fraction of sp³-hybridized carbons (Fsp3) is 0. The molecule has 0 aliphatic carbocycles. The third kappa shape index (κ3) is 1.70. The lowest BCUT2D eigenvalue weighted by Gasteiger charge is -1.81. The Morgan fingerprint density at radius 1 is 1.86 bits per heavy atom. The van der Waals surface area contributed by atoms with Gasteiger partial charge in [0.05, 0.1) is 5.57 Å². The molecule has 7 heavy (non-hydrogen) atoms. The summed E-state index contributed by atoms with van der Waals surface area (Å²) in [5.74, 6) is -1.14. The molecule has 0 aliphatic rings. The van der Waals surface area contributed by atoms with E-state index in [2.05, 4.69) is 6.58 Å². The molecule has 0 radical (unpaired) electrons. The van der Waals surface area contributed by atoms with Crippen LogP contribution in [0.5, 0.6) is 0 Å². The van der Waals surface area contributed by atoms with E-state index in [0.717, 1.165) is 0 Å². The Labute approximate surface area is 40.8 Å². The van der Waals surface area contributed by atoms with Crippen molar-refractivity contribution >= 4 is 12.2 Å². The lowest BCUT2D eigenvalue weighted by Crippen LogP contribution is -1.97. The van der Waals surface area contributed by atoms with Crippen molar-refractivity contribution < 1.29 is 9.90 Å². The van der Waals surface area contributed by atoms with Gasteiger partial charge in [0.2, 0.25) is 0 Å². The van der Waals surface area contributed by atoms with Gasteiger partial charge in [-0.05, 0) is 0 Å². The third-order valence-electron chi connectivity index (χ3n) is 0.449. The van der Waals surface area contributed by atoms with Crippen LogP contribution in [0.1, 0.15) is 0 Å². The minimum absolute atomic E-state index is 0.194. The smallest absolute Gasteiger partial charge is 0.336 e. The molecule has 0 fully saturated rings. The summed E-state index contributed by atoms with van der Waals surface area (Å²) in [6.07, 6.45) is 0.697. The van der Waals surface area contributed by atoms with E-state index in [1.54, 1.807) is 0 Å². The first-order chi connectivity index (χ1) is 3.18. The number of carboxylic acids is 1. The fourth-order valence-electron chi connectivity index (χ4n) is 0.0617. The van der Waals surface area contributed by atoms with E-state index in [1.807, 2.05) is 0 Å². The molecule has 0 atom stereocenters. The lowest BCUT2D eigenvalue weighted by molar-refractivity contribution is -0.131. The molecule has 0 spiro atoms.